The fourth-order valence-corrected chi connectivity index (χ4v) is 2.14. The van der Waals surface area contributed by atoms with Gasteiger partial charge in [-0.2, -0.15) is 5.10 Å². The number of aromatic nitrogens is 3. The Morgan fingerprint density at radius 3 is 2.40 bits per heavy atom. The van der Waals surface area contributed by atoms with Crippen LogP contribution >= 0.6 is 0 Å². The number of hydrogen-bond acceptors (Lipinski definition) is 4. The van der Waals surface area contributed by atoms with Gasteiger partial charge in [-0.05, 0) is 37.1 Å². The lowest BCUT2D eigenvalue weighted by atomic mass is 9.83. The lowest BCUT2D eigenvalue weighted by molar-refractivity contribution is 0.127. The third-order valence-electron chi connectivity index (χ3n) is 4.05. The van der Waals surface area contributed by atoms with Crippen molar-refractivity contribution in [1.29, 1.82) is 0 Å². The smallest absolute Gasteiger partial charge is 0.138 e. The number of aliphatic hydroxyl groups excluding tert-OH is 1. The molecular weight excluding hydrogens is 252 g/mol. The van der Waals surface area contributed by atoms with Gasteiger partial charge < -0.3 is 10.4 Å². The summed E-state index contributed by atoms with van der Waals surface area (Å²) in [6.07, 6.45) is 5.12. The first-order chi connectivity index (χ1) is 9.73. The molecule has 1 aromatic heterocycles. The van der Waals surface area contributed by atoms with Crippen molar-refractivity contribution >= 4 is 5.69 Å². The maximum atomic E-state index is 9.57. The van der Waals surface area contributed by atoms with Gasteiger partial charge in [-0.1, -0.05) is 13.8 Å². The molecule has 0 aliphatic rings. The number of anilines is 1. The molecular formula is C15H22N4O. The molecule has 0 aliphatic carbocycles. The van der Waals surface area contributed by atoms with Crippen molar-refractivity contribution in [2.24, 2.45) is 5.41 Å². The van der Waals surface area contributed by atoms with E-state index in [0.717, 1.165) is 30.8 Å². The highest BCUT2D eigenvalue weighted by Gasteiger charge is 2.24. The Morgan fingerprint density at radius 1 is 1.20 bits per heavy atom. The van der Waals surface area contributed by atoms with Crippen molar-refractivity contribution in [2.45, 2.75) is 26.7 Å². The summed E-state index contributed by atoms with van der Waals surface area (Å²) in [4.78, 5) is 3.93. The molecule has 108 valence electrons. The number of aliphatic hydroxyl groups is 1. The van der Waals surface area contributed by atoms with Crippen LogP contribution in [0.15, 0.2) is 36.9 Å². The average Bonchev–Trinajstić information content (AvgIpc) is 3.04. The van der Waals surface area contributed by atoms with Gasteiger partial charge in [0.25, 0.3) is 0 Å². The number of nitrogens with one attached hydrogen (secondary N) is 1. The number of benzene rings is 1. The van der Waals surface area contributed by atoms with Crippen molar-refractivity contribution in [3.63, 3.8) is 0 Å². The topological polar surface area (TPSA) is 63.0 Å². The van der Waals surface area contributed by atoms with Gasteiger partial charge >= 0.3 is 0 Å². The Bertz CT molecular complexity index is 495. The van der Waals surface area contributed by atoms with E-state index in [-0.39, 0.29) is 12.0 Å². The first-order valence-corrected chi connectivity index (χ1v) is 7.03. The summed E-state index contributed by atoms with van der Waals surface area (Å²) in [5, 5.41) is 17.1. The van der Waals surface area contributed by atoms with Crippen molar-refractivity contribution in [1.82, 2.24) is 14.8 Å². The molecule has 2 N–H and O–H groups in total. The summed E-state index contributed by atoms with van der Waals surface area (Å²) in [6, 6.07) is 8.03. The molecule has 0 radical (unpaired) electrons. The molecule has 1 aromatic carbocycles. The fourth-order valence-electron chi connectivity index (χ4n) is 2.14. The first-order valence-electron chi connectivity index (χ1n) is 7.03. The minimum atomic E-state index is -0.0371. The van der Waals surface area contributed by atoms with Gasteiger partial charge in [0, 0.05) is 17.6 Å². The number of hydrogen-bond donors (Lipinski definition) is 2. The minimum Gasteiger partial charge on any atom is -0.396 e. The largest absolute Gasteiger partial charge is 0.396 e. The zero-order chi connectivity index (χ0) is 14.4. The van der Waals surface area contributed by atoms with Crippen molar-refractivity contribution in [2.75, 3.05) is 18.5 Å². The second-order valence-corrected chi connectivity index (χ2v) is 5.11. The maximum Gasteiger partial charge on any atom is 0.138 e. The van der Waals surface area contributed by atoms with Crippen LogP contribution in [0.5, 0.6) is 0 Å². The highest BCUT2D eigenvalue weighted by atomic mass is 16.3. The average molecular weight is 274 g/mol. The summed E-state index contributed by atoms with van der Waals surface area (Å²) in [5.41, 5.74) is 1.99. The molecule has 0 bridgehead atoms. The summed E-state index contributed by atoms with van der Waals surface area (Å²) < 4.78 is 1.72. The predicted molar refractivity (Wildman–Crippen MR) is 79.9 cm³/mol. The summed E-state index contributed by atoms with van der Waals surface area (Å²) in [6.45, 7) is 5.23. The Hall–Kier alpha value is -1.88. The molecule has 2 rings (SSSR count). The van der Waals surface area contributed by atoms with Crippen molar-refractivity contribution < 1.29 is 5.11 Å². The fraction of sp³-hybridized carbons (Fsp3) is 0.467. The zero-order valence-electron chi connectivity index (χ0n) is 12.1. The molecule has 5 nitrogen and oxygen atoms in total. The van der Waals surface area contributed by atoms with Crippen LogP contribution in [0.25, 0.3) is 5.69 Å². The van der Waals surface area contributed by atoms with Crippen LogP contribution in [0, 0.1) is 5.41 Å². The van der Waals surface area contributed by atoms with E-state index in [1.54, 1.807) is 11.0 Å². The van der Waals surface area contributed by atoms with E-state index in [9.17, 15) is 5.11 Å². The highest BCUT2D eigenvalue weighted by Crippen LogP contribution is 2.26. The van der Waals surface area contributed by atoms with Gasteiger partial charge in [0.05, 0.1) is 12.3 Å². The van der Waals surface area contributed by atoms with Gasteiger partial charge in [0.2, 0.25) is 0 Å². The quantitative estimate of drug-likeness (QED) is 0.814. The zero-order valence-corrected chi connectivity index (χ0v) is 12.1. The molecule has 20 heavy (non-hydrogen) atoms. The Morgan fingerprint density at radius 2 is 1.90 bits per heavy atom. The third kappa shape index (κ3) is 3.17. The van der Waals surface area contributed by atoms with Crippen molar-refractivity contribution in [3.05, 3.63) is 36.9 Å². The molecule has 0 saturated heterocycles. The van der Waals surface area contributed by atoms with E-state index in [2.05, 4.69) is 29.2 Å². The number of rotatable bonds is 7. The van der Waals surface area contributed by atoms with E-state index in [0.29, 0.717) is 0 Å². The Balaban J connectivity index is 2.01. The van der Waals surface area contributed by atoms with Crippen LogP contribution in [0.3, 0.4) is 0 Å². The van der Waals surface area contributed by atoms with Crippen LogP contribution in [0.1, 0.15) is 26.7 Å². The van der Waals surface area contributed by atoms with Gasteiger partial charge in [-0.3, -0.25) is 0 Å². The molecule has 0 saturated carbocycles. The van der Waals surface area contributed by atoms with Gasteiger partial charge in [-0.15, -0.1) is 0 Å². The highest BCUT2D eigenvalue weighted by molar-refractivity contribution is 5.48. The van der Waals surface area contributed by atoms with Crippen LogP contribution in [0.2, 0.25) is 0 Å². The molecule has 0 spiro atoms. The predicted octanol–water partition coefficient (Wildman–Crippen LogP) is 2.48. The number of nitrogens with zero attached hydrogens (tertiary/aromatic N) is 3. The monoisotopic (exact) mass is 274 g/mol. The standard InChI is InChI=1S/C15H22N4O/c1-3-15(4-2,10-20)9-17-13-5-7-14(8-6-13)19-12-16-11-18-19/h5-8,11-12,17,20H,3-4,9-10H2,1-2H3. The van der Waals surface area contributed by atoms with Crippen molar-refractivity contribution in [3.8, 4) is 5.69 Å². The summed E-state index contributed by atoms with van der Waals surface area (Å²) >= 11 is 0. The van der Waals surface area contributed by atoms with Gasteiger partial charge in [-0.25, -0.2) is 9.67 Å². The van der Waals surface area contributed by atoms with E-state index in [1.165, 1.54) is 6.33 Å². The molecule has 1 heterocycles. The van der Waals surface area contributed by atoms with Crippen LogP contribution in [-0.4, -0.2) is 33.0 Å². The maximum absolute atomic E-state index is 9.57. The van der Waals surface area contributed by atoms with E-state index in [4.69, 9.17) is 0 Å². The molecule has 2 aromatic rings. The summed E-state index contributed by atoms with van der Waals surface area (Å²) in [5.74, 6) is 0. The minimum absolute atomic E-state index is 0.0371. The second kappa shape index (κ2) is 6.52. The van der Waals surface area contributed by atoms with E-state index >= 15 is 0 Å². The SMILES string of the molecule is CCC(CC)(CO)CNc1ccc(-n2cncn2)cc1. The molecule has 0 fully saturated rings. The lowest BCUT2D eigenvalue weighted by Crippen LogP contribution is -2.32. The first kappa shape index (κ1) is 14.5. The molecule has 5 heteroatoms. The van der Waals surface area contributed by atoms with E-state index < -0.39 is 0 Å². The van der Waals surface area contributed by atoms with Gasteiger partial charge in [0.15, 0.2) is 0 Å². The molecule has 0 amide bonds. The third-order valence-corrected chi connectivity index (χ3v) is 4.05. The Labute approximate surface area is 119 Å². The molecule has 0 unspecified atom stereocenters. The lowest BCUT2D eigenvalue weighted by Gasteiger charge is -2.30. The van der Waals surface area contributed by atoms with E-state index in [1.807, 2.05) is 24.3 Å². The Kier molecular flexibility index (Phi) is 4.74. The van der Waals surface area contributed by atoms with Crippen LogP contribution < -0.4 is 5.32 Å². The molecule has 0 atom stereocenters. The summed E-state index contributed by atoms with van der Waals surface area (Å²) in [7, 11) is 0. The van der Waals surface area contributed by atoms with Crippen LogP contribution in [-0.2, 0) is 0 Å². The van der Waals surface area contributed by atoms with Crippen LogP contribution in [0.4, 0.5) is 5.69 Å². The second-order valence-electron chi connectivity index (χ2n) is 5.11. The normalized spacial score (nSPS) is 11.6. The molecule has 0 aliphatic heterocycles. The van der Waals surface area contributed by atoms with Gasteiger partial charge in [0.1, 0.15) is 12.7 Å².